The molecular formula is C12H17N3O2. The first kappa shape index (κ1) is 10.8. The summed E-state index contributed by atoms with van der Waals surface area (Å²) >= 11 is 0. The van der Waals surface area contributed by atoms with Crippen LogP contribution in [0.5, 0.6) is 0 Å². The van der Waals surface area contributed by atoms with Crippen LogP contribution in [-0.2, 0) is 16.8 Å². The minimum atomic E-state index is -0.768. The SMILES string of the molecule is O=C(O)[C@@H]1Cc2[nH]cnc2C2(CCCCC2)N1. The number of fused-ring (bicyclic) bond motifs is 2. The number of aromatic nitrogens is 2. The molecule has 1 spiro atoms. The standard InChI is InChI=1S/C12H17N3O2/c16-11(17)9-6-8-10(14-7-13-8)12(15-9)4-2-1-3-5-12/h7,9,15H,1-6H2,(H,13,14)(H,16,17)/t9-/m0/s1. The summed E-state index contributed by atoms with van der Waals surface area (Å²) < 4.78 is 0. The number of rotatable bonds is 1. The van der Waals surface area contributed by atoms with E-state index in [1.807, 2.05) is 0 Å². The number of aliphatic carboxylic acids is 1. The summed E-state index contributed by atoms with van der Waals surface area (Å²) in [6.45, 7) is 0. The number of H-pyrrole nitrogens is 1. The molecule has 1 aromatic heterocycles. The third-order valence-corrected chi connectivity index (χ3v) is 4.04. The fourth-order valence-corrected chi connectivity index (χ4v) is 3.23. The molecule has 17 heavy (non-hydrogen) atoms. The molecule has 5 heteroatoms. The van der Waals surface area contributed by atoms with Crippen LogP contribution in [0, 0.1) is 0 Å². The Labute approximate surface area is 99.6 Å². The molecule has 1 fully saturated rings. The van der Waals surface area contributed by atoms with Crippen LogP contribution in [0.4, 0.5) is 0 Å². The summed E-state index contributed by atoms with van der Waals surface area (Å²) in [5, 5.41) is 12.5. The fourth-order valence-electron chi connectivity index (χ4n) is 3.23. The number of nitrogens with one attached hydrogen (secondary N) is 2. The Morgan fingerprint density at radius 1 is 1.41 bits per heavy atom. The van der Waals surface area contributed by atoms with E-state index < -0.39 is 12.0 Å². The highest BCUT2D eigenvalue weighted by atomic mass is 16.4. The molecule has 92 valence electrons. The molecule has 0 bridgehead atoms. The lowest BCUT2D eigenvalue weighted by Gasteiger charge is -2.42. The van der Waals surface area contributed by atoms with Crippen LogP contribution in [-0.4, -0.2) is 27.1 Å². The molecule has 1 aliphatic heterocycles. The third-order valence-electron chi connectivity index (χ3n) is 4.04. The first-order valence-corrected chi connectivity index (χ1v) is 6.24. The highest BCUT2D eigenvalue weighted by Crippen LogP contribution is 2.40. The lowest BCUT2D eigenvalue weighted by Crippen LogP contribution is -2.56. The lowest BCUT2D eigenvalue weighted by atomic mass is 9.75. The summed E-state index contributed by atoms with van der Waals surface area (Å²) in [5.74, 6) is -0.768. The summed E-state index contributed by atoms with van der Waals surface area (Å²) in [5.41, 5.74) is 1.85. The number of imidazole rings is 1. The van der Waals surface area contributed by atoms with E-state index in [4.69, 9.17) is 0 Å². The molecule has 0 unspecified atom stereocenters. The maximum Gasteiger partial charge on any atom is 0.321 e. The van der Waals surface area contributed by atoms with E-state index in [-0.39, 0.29) is 5.54 Å². The van der Waals surface area contributed by atoms with Crippen molar-refractivity contribution >= 4 is 5.97 Å². The molecule has 0 aromatic carbocycles. The van der Waals surface area contributed by atoms with Crippen LogP contribution in [0.1, 0.15) is 43.5 Å². The van der Waals surface area contributed by atoms with Crippen molar-refractivity contribution in [2.75, 3.05) is 0 Å². The van der Waals surface area contributed by atoms with E-state index in [1.165, 1.54) is 6.42 Å². The summed E-state index contributed by atoms with van der Waals surface area (Å²) in [6.07, 6.45) is 7.71. The molecule has 2 heterocycles. The van der Waals surface area contributed by atoms with Crippen molar-refractivity contribution in [3.8, 4) is 0 Å². The quantitative estimate of drug-likeness (QED) is 0.682. The number of hydrogen-bond donors (Lipinski definition) is 3. The zero-order valence-corrected chi connectivity index (χ0v) is 9.70. The van der Waals surface area contributed by atoms with Crippen molar-refractivity contribution in [1.29, 1.82) is 0 Å². The van der Waals surface area contributed by atoms with Gasteiger partial charge in [0, 0.05) is 12.1 Å². The second-order valence-electron chi connectivity index (χ2n) is 5.11. The summed E-state index contributed by atoms with van der Waals surface area (Å²) in [4.78, 5) is 18.7. The Hall–Kier alpha value is -1.36. The van der Waals surface area contributed by atoms with Gasteiger partial charge in [-0.2, -0.15) is 0 Å². The minimum absolute atomic E-state index is 0.200. The van der Waals surface area contributed by atoms with Gasteiger partial charge in [0.25, 0.3) is 0 Å². The van der Waals surface area contributed by atoms with Gasteiger partial charge in [0.2, 0.25) is 0 Å². The molecule has 0 amide bonds. The van der Waals surface area contributed by atoms with Gasteiger partial charge in [0.15, 0.2) is 0 Å². The summed E-state index contributed by atoms with van der Waals surface area (Å²) in [6, 6.07) is -0.485. The maximum atomic E-state index is 11.2. The van der Waals surface area contributed by atoms with Gasteiger partial charge in [-0.1, -0.05) is 19.3 Å². The van der Waals surface area contributed by atoms with Gasteiger partial charge in [0.05, 0.1) is 17.6 Å². The van der Waals surface area contributed by atoms with E-state index in [0.29, 0.717) is 6.42 Å². The molecule has 1 saturated carbocycles. The van der Waals surface area contributed by atoms with Gasteiger partial charge >= 0.3 is 5.97 Å². The summed E-state index contributed by atoms with van der Waals surface area (Å²) in [7, 11) is 0. The molecule has 3 rings (SSSR count). The zero-order valence-electron chi connectivity index (χ0n) is 9.70. The number of carboxylic acid groups (broad SMARTS) is 1. The van der Waals surface area contributed by atoms with Gasteiger partial charge < -0.3 is 10.1 Å². The molecule has 1 aliphatic carbocycles. The van der Waals surface area contributed by atoms with E-state index in [9.17, 15) is 9.90 Å². The van der Waals surface area contributed by atoms with Crippen molar-refractivity contribution in [3.05, 3.63) is 17.7 Å². The molecular weight excluding hydrogens is 218 g/mol. The van der Waals surface area contributed by atoms with Gasteiger partial charge in [-0.15, -0.1) is 0 Å². The second kappa shape index (κ2) is 3.84. The Bertz CT molecular complexity index is 435. The van der Waals surface area contributed by atoms with Crippen molar-refractivity contribution < 1.29 is 9.90 Å². The number of carbonyl (C=O) groups is 1. The number of nitrogens with zero attached hydrogens (tertiary/aromatic N) is 1. The maximum absolute atomic E-state index is 11.2. The zero-order chi connectivity index (χ0) is 11.9. The highest BCUT2D eigenvalue weighted by Gasteiger charge is 2.44. The second-order valence-corrected chi connectivity index (χ2v) is 5.11. The van der Waals surface area contributed by atoms with Gasteiger partial charge in [-0.25, -0.2) is 4.98 Å². The van der Waals surface area contributed by atoms with Crippen molar-refractivity contribution in [1.82, 2.24) is 15.3 Å². The predicted molar refractivity (Wildman–Crippen MR) is 61.6 cm³/mol. The highest BCUT2D eigenvalue weighted by molar-refractivity contribution is 5.74. The number of hydrogen-bond acceptors (Lipinski definition) is 3. The first-order chi connectivity index (χ1) is 8.21. The fraction of sp³-hybridized carbons (Fsp3) is 0.667. The Morgan fingerprint density at radius 2 is 2.18 bits per heavy atom. The molecule has 3 N–H and O–H groups in total. The van der Waals surface area contributed by atoms with Crippen molar-refractivity contribution in [2.45, 2.75) is 50.1 Å². The van der Waals surface area contributed by atoms with Crippen LogP contribution in [0.2, 0.25) is 0 Å². The van der Waals surface area contributed by atoms with Crippen LogP contribution in [0.25, 0.3) is 0 Å². The molecule has 1 atom stereocenters. The van der Waals surface area contributed by atoms with Crippen LogP contribution >= 0.6 is 0 Å². The van der Waals surface area contributed by atoms with Gasteiger partial charge in [-0.3, -0.25) is 10.1 Å². The van der Waals surface area contributed by atoms with Crippen LogP contribution in [0.15, 0.2) is 6.33 Å². The van der Waals surface area contributed by atoms with E-state index >= 15 is 0 Å². The van der Waals surface area contributed by atoms with Crippen LogP contribution in [0.3, 0.4) is 0 Å². The van der Waals surface area contributed by atoms with Gasteiger partial charge in [0.1, 0.15) is 6.04 Å². The van der Waals surface area contributed by atoms with E-state index in [0.717, 1.165) is 37.1 Å². The smallest absolute Gasteiger partial charge is 0.321 e. The Morgan fingerprint density at radius 3 is 2.88 bits per heavy atom. The number of carboxylic acids is 1. The average molecular weight is 235 g/mol. The lowest BCUT2D eigenvalue weighted by molar-refractivity contribution is -0.140. The van der Waals surface area contributed by atoms with Crippen LogP contribution < -0.4 is 5.32 Å². The Balaban J connectivity index is 2.00. The topological polar surface area (TPSA) is 78.0 Å². The predicted octanol–water partition coefficient (Wildman–Crippen LogP) is 1.17. The minimum Gasteiger partial charge on any atom is -0.480 e. The molecule has 5 nitrogen and oxygen atoms in total. The van der Waals surface area contributed by atoms with Crippen molar-refractivity contribution in [2.24, 2.45) is 0 Å². The molecule has 0 saturated heterocycles. The first-order valence-electron chi connectivity index (χ1n) is 6.24. The molecule has 1 aromatic rings. The number of aromatic amines is 1. The van der Waals surface area contributed by atoms with Gasteiger partial charge in [-0.05, 0) is 12.8 Å². The van der Waals surface area contributed by atoms with Crippen molar-refractivity contribution in [3.63, 3.8) is 0 Å². The monoisotopic (exact) mass is 235 g/mol. The Kier molecular flexibility index (Phi) is 2.43. The molecule has 2 aliphatic rings. The molecule has 0 radical (unpaired) electrons. The normalized spacial score (nSPS) is 26.7. The van der Waals surface area contributed by atoms with E-state index in [1.54, 1.807) is 6.33 Å². The third kappa shape index (κ3) is 1.65. The largest absolute Gasteiger partial charge is 0.480 e. The average Bonchev–Trinajstić information content (AvgIpc) is 2.79. The van der Waals surface area contributed by atoms with E-state index in [2.05, 4.69) is 15.3 Å².